The molecule has 0 bridgehead atoms. The summed E-state index contributed by atoms with van der Waals surface area (Å²) in [6, 6.07) is -1.10. The lowest BCUT2D eigenvalue weighted by molar-refractivity contribution is -0.141. The number of methoxy groups -OCH3 is 1. The number of carbonyl (C=O) groups is 2. The molecule has 8 nitrogen and oxygen atoms in total. The van der Waals surface area contributed by atoms with Crippen LogP contribution in [-0.2, 0) is 22.3 Å². The lowest BCUT2D eigenvalue weighted by Crippen LogP contribution is -2.26. The number of carbonyl (C=O) groups excluding carboxylic acids is 2. The molecule has 3 rings (SSSR count). The summed E-state index contributed by atoms with van der Waals surface area (Å²) in [5, 5.41) is 9.66. The van der Waals surface area contributed by atoms with Crippen LogP contribution in [0.4, 0.5) is 18.9 Å². The quantitative estimate of drug-likeness (QED) is 0.702. The molecule has 1 amide bonds. The van der Waals surface area contributed by atoms with Gasteiger partial charge in [0.15, 0.2) is 11.4 Å². The van der Waals surface area contributed by atoms with Crippen molar-refractivity contribution in [3.05, 3.63) is 28.3 Å². The van der Waals surface area contributed by atoms with Crippen molar-refractivity contribution in [3.63, 3.8) is 0 Å². The predicted octanol–water partition coefficient (Wildman–Crippen LogP) is 3.64. The van der Waals surface area contributed by atoms with Crippen molar-refractivity contribution >= 4 is 29.2 Å². The van der Waals surface area contributed by atoms with Gasteiger partial charge in [-0.05, 0) is 26.7 Å². The van der Waals surface area contributed by atoms with Gasteiger partial charge < -0.3 is 10.1 Å². The van der Waals surface area contributed by atoms with Crippen LogP contribution in [0.3, 0.4) is 0 Å². The minimum Gasteiger partial charge on any atom is -0.464 e. The molecule has 2 aromatic rings. The zero-order chi connectivity index (χ0) is 21.5. The maximum absolute atomic E-state index is 13.2. The first-order valence-corrected chi connectivity index (χ1v) is 9.27. The zero-order valence-corrected chi connectivity index (χ0v) is 16.6. The monoisotopic (exact) mass is 433 g/mol. The SMILES string of the molecule is CCn1cc(NC(=O)C(C)n2nc(C(F)(F)F)c(Cl)c2C2CC2)c(C(=O)OC)n1. The molecule has 1 aliphatic rings. The van der Waals surface area contributed by atoms with E-state index in [2.05, 4.69) is 20.3 Å². The Balaban J connectivity index is 1.92. The van der Waals surface area contributed by atoms with Gasteiger partial charge in [-0.25, -0.2) is 4.79 Å². The molecule has 2 heterocycles. The van der Waals surface area contributed by atoms with Crippen LogP contribution in [0.25, 0.3) is 0 Å². The van der Waals surface area contributed by atoms with Crippen molar-refractivity contribution in [2.24, 2.45) is 0 Å². The fraction of sp³-hybridized carbons (Fsp3) is 0.529. The van der Waals surface area contributed by atoms with Gasteiger partial charge in [-0.1, -0.05) is 11.6 Å². The van der Waals surface area contributed by atoms with Crippen molar-refractivity contribution in [2.45, 2.75) is 51.4 Å². The highest BCUT2D eigenvalue weighted by molar-refractivity contribution is 6.32. The second-order valence-corrected chi connectivity index (χ2v) is 7.05. The van der Waals surface area contributed by atoms with E-state index in [9.17, 15) is 22.8 Å². The minimum atomic E-state index is -4.73. The van der Waals surface area contributed by atoms with E-state index in [0.717, 1.165) is 4.68 Å². The first-order valence-electron chi connectivity index (χ1n) is 8.90. The third-order valence-electron chi connectivity index (χ3n) is 4.59. The molecular weight excluding hydrogens is 415 g/mol. The summed E-state index contributed by atoms with van der Waals surface area (Å²) in [6.07, 6.45) is -1.95. The summed E-state index contributed by atoms with van der Waals surface area (Å²) in [5.74, 6) is -1.59. The Kier molecular flexibility index (Phi) is 5.61. The molecular formula is C17H19ClF3N5O3. The lowest BCUT2D eigenvalue weighted by atomic mass is 10.2. The third kappa shape index (κ3) is 4.09. The van der Waals surface area contributed by atoms with E-state index < -0.39 is 34.8 Å². The number of hydrogen-bond donors (Lipinski definition) is 1. The highest BCUT2D eigenvalue weighted by Gasteiger charge is 2.43. The Bertz CT molecular complexity index is 949. The first kappa shape index (κ1) is 21.2. The highest BCUT2D eigenvalue weighted by atomic mass is 35.5. The number of aryl methyl sites for hydroxylation is 1. The van der Waals surface area contributed by atoms with Crippen LogP contribution in [0.15, 0.2) is 6.20 Å². The standard InChI is InChI=1S/C17H19ClF3N5O3/c1-4-25-7-10(12(23-25)16(28)29-3)22-15(27)8(2)26-13(9-5-6-9)11(18)14(24-26)17(19,20)21/h7-9H,4-6H2,1-3H3,(H,22,27). The van der Waals surface area contributed by atoms with E-state index in [1.54, 1.807) is 6.92 Å². The van der Waals surface area contributed by atoms with Crippen molar-refractivity contribution in [3.8, 4) is 0 Å². The first-order chi connectivity index (χ1) is 13.6. The number of anilines is 1. The van der Waals surface area contributed by atoms with Gasteiger partial charge in [0.05, 0.1) is 23.5 Å². The normalized spacial score (nSPS) is 15.3. The number of hydrogen-bond acceptors (Lipinski definition) is 5. The fourth-order valence-electron chi connectivity index (χ4n) is 2.90. The summed E-state index contributed by atoms with van der Waals surface area (Å²) in [4.78, 5) is 24.6. The average Bonchev–Trinajstić information content (AvgIpc) is 3.31. The van der Waals surface area contributed by atoms with E-state index in [0.29, 0.717) is 19.4 Å². The van der Waals surface area contributed by atoms with E-state index in [4.69, 9.17) is 11.6 Å². The number of esters is 1. The number of amides is 1. The van der Waals surface area contributed by atoms with Crippen molar-refractivity contribution in [1.29, 1.82) is 0 Å². The summed E-state index contributed by atoms with van der Waals surface area (Å²) < 4.78 is 46.8. The highest BCUT2D eigenvalue weighted by Crippen LogP contribution is 2.47. The molecule has 0 saturated heterocycles. The number of halogens is 4. The minimum absolute atomic E-state index is 0.0952. The molecule has 2 aromatic heterocycles. The van der Waals surface area contributed by atoms with Crippen LogP contribution in [0.2, 0.25) is 5.02 Å². The van der Waals surface area contributed by atoms with Gasteiger partial charge in [0.25, 0.3) is 0 Å². The molecule has 0 aliphatic heterocycles. The Labute approximate surface area is 168 Å². The second kappa shape index (κ2) is 7.69. The predicted molar refractivity (Wildman–Crippen MR) is 96.8 cm³/mol. The number of ether oxygens (including phenoxy) is 1. The lowest BCUT2D eigenvalue weighted by Gasteiger charge is -2.15. The van der Waals surface area contributed by atoms with Crippen LogP contribution >= 0.6 is 11.6 Å². The summed E-state index contributed by atoms with van der Waals surface area (Å²) in [6.45, 7) is 3.63. The van der Waals surface area contributed by atoms with Crippen LogP contribution in [-0.4, -0.2) is 38.5 Å². The summed E-state index contributed by atoms with van der Waals surface area (Å²) in [5.41, 5.74) is -1.03. The molecule has 29 heavy (non-hydrogen) atoms. The average molecular weight is 434 g/mol. The van der Waals surface area contributed by atoms with Crippen LogP contribution < -0.4 is 5.32 Å². The maximum atomic E-state index is 13.2. The Morgan fingerprint density at radius 2 is 2.03 bits per heavy atom. The van der Waals surface area contributed by atoms with E-state index in [-0.39, 0.29) is 23.0 Å². The van der Waals surface area contributed by atoms with Gasteiger partial charge in [-0.3, -0.25) is 14.2 Å². The van der Waals surface area contributed by atoms with Gasteiger partial charge in [0.2, 0.25) is 5.91 Å². The molecule has 0 radical (unpaired) electrons. The number of aromatic nitrogens is 4. The molecule has 0 spiro atoms. The van der Waals surface area contributed by atoms with Gasteiger partial charge in [-0.2, -0.15) is 23.4 Å². The molecule has 158 valence electrons. The smallest absolute Gasteiger partial charge is 0.436 e. The summed E-state index contributed by atoms with van der Waals surface area (Å²) >= 11 is 5.96. The Hall–Kier alpha value is -2.56. The largest absolute Gasteiger partial charge is 0.464 e. The van der Waals surface area contributed by atoms with Crippen molar-refractivity contribution in [1.82, 2.24) is 19.6 Å². The van der Waals surface area contributed by atoms with Gasteiger partial charge >= 0.3 is 12.1 Å². The Morgan fingerprint density at radius 1 is 1.38 bits per heavy atom. The molecule has 1 fully saturated rings. The van der Waals surface area contributed by atoms with Gasteiger partial charge in [0.1, 0.15) is 6.04 Å². The van der Waals surface area contributed by atoms with Crippen LogP contribution in [0.1, 0.15) is 60.5 Å². The molecule has 0 aromatic carbocycles. The van der Waals surface area contributed by atoms with Crippen molar-refractivity contribution < 1.29 is 27.5 Å². The van der Waals surface area contributed by atoms with E-state index in [1.807, 2.05) is 0 Å². The Morgan fingerprint density at radius 3 is 2.55 bits per heavy atom. The number of alkyl halides is 3. The molecule has 1 saturated carbocycles. The second-order valence-electron chi connectivity index (χ2n) is 6.67. The molecule has 12 heteroatoms. The van der Waals surface area contributed by atoms with Crippen LogP contribution in [0.5, 0.6) is 0 Å². The molecule has 1 atom stereocenters. The zero-order valence-electron chi connectivity index (χ0n) is 15.9. The number of rotatable bonds is 6. The molecule has 1 aliphatic carbocycles. The maximum Gasteiger partial charge on any atom is 0.436 e. The summed E-state index contributed by atoms with van der Waals surface area (Å²) in [7, 11) is 1.17. The van der Waals surface area contributed by atoms with Crippen molar-refractivity contribution in [2.75, 3.05) is 12.4 Å². The topological polar surface area (TPSA) is 91.0 Å². The molecule has 1 unspecified atom stereocenters. The third-order valence-corrected chi connectivity index (χ3v) is 4.96. The number of nitrogens with zero attached hydrogens (tertiary/aromatic N) is 4. The van der Waals surface area contributed by atoms with E-state index >= 15 is 0 Å². The van der Waals surface area contributed by atoms with Gasteiger partial charge in [0, 0.05) is 18.7 Å². The fourth-order valence-corrected chi connectivity index (χ4v) is 3.28. The van der Waals surface area contributed by atoms with Crippen LogP contribution in [0, 0.1) is 0 Å². The molecule has 1 N–H and O–H groups in total. The number of nitrogens with one attached hydrogen (secondary N) is 1. The van der Waals surface area contributed by atoms with Gasteiger partial charge in [-0.15, -0.1) is 0 Å². The van der Waals surface area contributed by atoms with E-state index in [1.165, 1.54) is 24.9 Å².